The molecule has 5 heteroatoms. The molecule has 0 radical (unpaired) electrons. The molecular formula is C22H25N3O2. The van der Waals surface area contributed by atoms with Crippen molar-refractivity contribution in [2.24, 2.45) is 0 Å². The topological polar surface area (TPSA) is 52.7 Å². The molecule has 2 aliphatic rings. The molecule has 0 aromatic heterocycles. The molecule has 1 aliphatic heterocycles. The number of rotatable bonds is 4. The van der Waals surface area contributed by atoms with Crippen molar-refractivity contribution in [1.82, 2.24) is 10.0 Å². The lowest BCUT2D eigenvalue weighted by Gasteiger charge is -2.39. The highest BCUT2D eigenvalue weighted by Crippen LogP contribution is 2.35. The second kappa shape index (κ2) is 6.82. The van der Waals surface area contributed by atoms with Gasteiger partial charge in [-0.25, -0.2) is 5.01 Å². The normalized spacial score (nSPS) is 16.4. The van der Waals surface area contributed by atoms with Crippen LogP contribution in [-0.4, -0.2) is 34.9 Å². The number of carbonyl (C=O) groups is 2. The van der Waals surface area contributed by atoms with Gasteiger partial charge in [-0.1, -0.05) is 24.6 Å². The van der Waals surface area contributed by atoms with Crippen LogP contribution in [0.3, 0.4) is 0 Å². The van der Waals surface area contributed by atoms with Crippen LogP contribution in [0.2, 0.25) is 0 Å². The van der Waals surface area contributed by atoms with Crippen LogP contribution in [-0.2, 0) is 11.3 Å². The molecule has 1 saturated carbocycles. The molecule has 0 spiro atoms. The second-order valence-electron chi connectivity index (χ2n) is 7.61. The summed E-state index contributed by atoms with van der Waals surface area (Å²) in [5.74, 6) is 0.0213. The maximum Gasteiger partial charge on any atom is 0.269 e. The lowest BCUT2D eigenvalue weighted by Crippen LogP contribution is -2.49. The predicted octanol–water partition coefficient (Wildman–Crippen LogP) is 3.98. The minimum atomic E-state index is -0.0856. The van der Waals surface area contributed by atoms with Gasteiger partial charge in [0.2, 0.25) is 5.91 Å². The summed E-state index contributed by atoms with van der Waals surface area (Å²) in [5, 5.41) is 6.84. The van der Waals surface area contributed by atoms with Gasteiger partial charge >= 0.3 is 0 Å². The molecule has 140 valence electrons. The van der Waals surface area contributed by atoms with E-state index in [1.807, 2.05) is 43.2 Å². The fourth-order valence-electron chi connectivity index (χ4n) is 4.01. The monoisotopic (exact) mass is 363 g/mol. The van der Waals surface area contributed by atoms with E-state index >= 15 is 0 Å². The summed E-state index contributed by atoms with van der Waals surface area (Å²) in [5.41, 5.74) is 5.79. The van der Waals surface area contributed by atoms with Gasteiger partial charge in [0.15, 0.2) is 0 Å². The predicted molar refractivity (Wildman–Crippen MR) is 106 cm³/mol. The Morgan fingerprint density at radius 2 is 1.96 bits per heavy atom. The Kier molecular flexibility index (Phi) is 4.48. The minimum Gasteiger partial charge on any atom is -0.326 e. The van der Waals surface area contributed by atoms with Crippen LogP contribution >= 0.6 is 0 Å². The average molecular weight is 363 g/mol. The van der Waals surface area contributed by atoms with Crippen LogP contribution in [0, 0.1) is 6.92 Å². The lowest BCUT2D eigenvalue weighted by atomic mass is 9.93. The number of aryl methyl sites for hydroxylation is 1. The molecule has 2 amide bonds. The summed E-state index contributed by atoms with van der Waals surface area (Å²) in [6, 6.07) is 12.5. The van der Waals surface area contributed by atoms with Crippen LogP contribution in [0.4, 0.5) is 5.69 Å². The van der Waals surface area contributed by atoms with Gasteiger partial charge in [0.25, 0.3) is 5.91 Å². The minimum absolute atomic E-state index is 0.0856. The Morgan fingerprint density at radius 1 is 1.19 bits per heavy atom. The van der Waals surface area contributed by atoms with Crippen LogP contribution < -0.4 is 5.32 Å². The van der Waals surface area contributed by atoms with E-state index in [1.54, 1.807) is 0 Å². The van der Waals surface area contributed by atoms with Gasteiger partial charge in [-0.3, -0.25) is 14.6 Å². The maximum atomic E-state index is 13.0. The van der Waals surface area contributed by atoms with Crippen molar-refractivity contribution < 1.29 is 9.59 Å². The molecule has 0 unspecified atom stereocenters. The molecular weight excluding hydrogens is 338 g/mol. The van der Waals surface area contributed by atoms with Gasteiger partial charge in [-0.15, -0.1) is 0 Å². The highest BCUT2D eigenvalue weighted by molar-refractivity contribution is 6.00. The van der Waals surface area contributed by atoms with Crippen LogP contribution in [0.1, 0.15) is 47.7 Å². The summed E-state index contributed by atoms with van der Waals surface area (Å²) < 4.78 is 0. The number of benzene rings is 2. The van der Waals surface area contributed by atoms with Crippen molar-refractivity contribution in [3.8, 4) is 11.1 Å². The molecule has 1 aliphatic carbocycles. The molecule has 27 heavy (non-hydrogen) atoms. The lowest BCUT2D eigenvalue weighted by molar-refractivity contribution is -0.114. The van der Waals surface area contributed by atoms with Gasteiger partial charge in [0.1, 0.15) is 0 Å². The zero-order valence-corrected chi connectivity index (χ0v) is 16.1. The van der Waals surface area contributed by atoms with E-state index in [1.165, 1.54) is 13.3 Å². The number of nitrogens with zero attached hydrogens (tertiary/aromatic N) is 2. The van der Waals surface area contributed by atoms with E-state index < -0.39 is 0 Å². The first-order valence-corrected chi connectivity index (χ1v) is 9.50. The van der Waals surface area contributed by atoms with Crippen molar-refractivity contribution in [2.75, 3.05) is 12.4 Å². The van der Waals surface area contributed by atoms with Gasteiger partial charge < -0.3 is 5.32 Å². The average Bonchev–Trinajstić information content (AvgIpc) is 2.90. The van der Waals surface area contributed by atoms with E-state index in [0.717, 1.165) is 46.3 Å². The molecule has 1 N–H and O–H groups in total. The van der Waals surface area contributed by atoms with Crippen LogP contribution in [0.15, 0.2) is 36.4 Å². The summed E-state index contributed by atoms with van der Waals surface area (Å²) in [6.45, 7) is 4.14. The van der Waals surface area contributed by atoms with Crippen molar-refractivity contribution in [1.29, 1.82) is 0 Å². The SMILES string of the molecule is CC(=O)Nc1cccc(-c2cc(C)c3c(c2)CN(N(C)C2CCC2)C3=O)c1. The van der Waals surface area contributed by atoms with E-state index in [2.05, 4.69) is 22.5 Å². The third-order valence-corrected chi connectivity index (χ3v) is 5.69. The number of fused-ring (bicyclic) bond motifs is 1. The standard InChI is InChI=1S/C22H25N3O2/c1-14-10-17(16-6-4-7-19(12-16)23-15(2)26)11-18-13-25(22(27)21(14)18)24(3)20-8-5-9-20/h4,6-7,10-12,20H,5,8-9,13H2,1-3H3,(H,23,26). The summed E-state index contributed by atoms with van der Waals surface area (Å²) in [6.07, 6.45) is 3.57. The van der Waals surface area contributed by atoms with E-state index in [4.69, 9.17) is 0 Å². The quantitative estimate of drug-likeness (QED) is 0.894. The number of amides is 2. The third-order valence-electron chi connectivity index (χ3n) is 5.69. The Hall–Kier alpha value is -2.66. The molecule has 1 heterocycles. The third kappa shape index (κ3) is 3.23. The highest BCUT2D eigenvalue weighted by atomic mass is 16.2. The Labute approximate surface area is 159 Å². The molecule has 4 rings (SSSR count). The number of hydrogen-bond donors (Lipinski definition) is 1. The first-order chi connectivity index (χ1) is 12.9. The van der Waals surface area contributed by atoms with Crippen molar-refractivity contribution >= 4 is 17.5 Å². The first kappa shape index (κ1) is 17.7. The summed E-state index contributed by atoms with van der Waals surface area (Å²) in [7, 11) is 2.03. The van der Waals surface area contributed by atoms with Gasteiger partial charge in [0.05, 0.1) is 6.54 Å². The number of carbonyl (C=O) groups excluding carboxylic acids is 2. The fourth-order valence-corrected chi connectivity index (χ4v) is 4.01. The molecule has 0 saturated heterocycles. The van der Waals surface area contributed by atoms with Crippen LogP contribution in [0.5, 0.6) is 0 Å². The molecule has 0 atom stereocenters. The van der Waals surface area contributed by atoms with E-state index in [0.29, 0.717) is 12.6 Å². The van der Waals surface area contributed by atoms with Crippen molar-refractivity contribution in [2.45, 2.75) is 45.7 Å². The largest absolute Gasteiger partial charge is 0.326 e. The Morgan fingerprint density at radius 3 is 2.63 bits per heavy atom. The van der Waals surface area contributed by atoms with Gasteiger partial charge in [-0.2, -0.15) is 0 Å². The molecule has 2 aromatic carbocycles. The van der Waals surface area contributed by atoms with Gasteiger partial charge in [0, 0.05) is 31.3 Å². The van der Waals surface area contributed by atoms with Crippen molar-refractivity contribution in [3.63, 3.8) is 0 Å². The number of anilines is 1. The highest BCUT2D eigenvalue weighted by Gasteiger charge is 2.36. The number of hydrazine groups is 1. The summed E-state index contributed by atoms with van der Waals surface area (Å²) >= 11 is 0. The molecule has 1 fully saturated rings. The number of hydrogen-bond acceptors (Lipinski definition) is 3. The van der Waals surface area contributed by atoms with E-state index in [-0.39, 0.29) is 11.8 Å². The maximum absolute atomic E-state index is 13.0. The Balaban J connectivity index is 1.65. The zero-order valence-electron chi connectivity index (χ0n) is 16.1. The smallest absolute Gasteiger partial charge is 0.269 e. The van der Waals surface area contributed by atoms with Gasteiger partial charge in [-0.05, 0) is 60.2 Å². The molecule has 0 bridgehead atoms. The molecule has 5 nitrogen and oxygen atoms in total. The van der Waals surface area contributed by atoms with E-state index in [9.17, 15) is 9.59 Å². The van der Waals surface area contributed by atoms with Crippen molar-refractivity contribution in [3.05, 3.63) is 53.1 Å². The molecule has 2 aromatic rings. The second-order valence-corrected chi connectivity index (χ2v) is 7.61. The zero-order chi connectivity index (χ0) is 19.1. The Bertz CT molecular complexity index is 918. The van der Waals surface area contributed by atoms with Crippen LogP contribution in [0.25, 0.3) is 11.1 Å². The first-order valence-electron chi connectivity index (χ1n) is 9.50. The summed E-state index contributed by atoms with van der Waals surface area (Å²) in [4.78, 5) is 24.3. The fraction of sp³-hybridized carbons (Fsp3) is 0.364. The number of nitrogens with one attached hydrogen (secondary N) is 1.